The first-order valence-electron chi connectivity index (χ1n) is 7.96. The van der Waals surface area contributed by atoms with Crippen molar-refractivity contribution in [1.82, 2.24) is 0 Å². The Kier molecular flexibility index (Phi) is 4.49. The number of carbonyl (C=O) groups excluding carboxylic acids is 3. The van der Waals surface area contributed by atoms with Crippen molar-refractivity contribution in [3.8, 4) is 0 Å². The van der Waals surface area contributed by atoms with E-state index in [2.05, 4.69) is 33.9 Å². The molecule has 2 fully saturated rings. The molecule has 0 radical (unpaired) electrons. The third-order valence-corrected chi connectivity index (χ3v) is 9.58. The van der Waals surface area contributed by atoms with Crippen molar-refractivity contribution in [3.63, 3.8) is 0 Å². The monoisotopic (exact) mass is 342 g/mol. The Morgan fingerprint density at radius 1 is 1.26 bits per heavy atom. The molecule has 0 aromatic heterocycles. The number of fused-ring (bicyclic) bond motifs is 2. The predicted octanol–water partition coefficient (Wildman–Crippen LogP) is 2.36. The molecular formula is C16H26O6Si. The molecule has 0 amide bonds. The molecule has 1 heterocycles. The quantitative estimate of drug-likeness (QED) is 0.579. The number of rotatable bonds is 3. The highest BCUT2D eigenvalue weighted by Gasteiger charge is 2.56. The Labute approximate surface area is 138 Å². The van der Waals surface area contributed by atoms with Crippen LogP contribution in [-0.2, 0) is 28.3 Å². The summed E-state index contributed by atoms with van der Waals surface area (Å²) < 4.78 is 16.8. The molecule has 0 aromatic rings. The minimum Gasteiger partial charge on any atom is -0.458 e. The molecule has 23 heavy (non-hydrogen) atoms. The standard InChI is InChI=1S/C16H26O6Si/c1-10(17)21-16-7-11(20-13(18)9-16)14(19)12(8-16)22-23(5,6)15(2,3)4/h11-12H,7-9H2,1-6H3/t11-,12?,16-/m1/s1. The maximum Gasteiger partial charge on any atom is 0.310 e. The molecule has 1 aliphatic carbocycles. The average molecular weight is 342 g/mol. The Hall–Kier alpha value is -1.21. The van der Waals surface area contributed by atoms with Gasteiger partial charge in [-0.05, 0) is 18.1 Å². The van der Waals surface area contributed by atoms with Crippen LogP contribution in [0, 0.1) is 0 Å². The van der Waals surface area contributed by atoms with Gasteiger partial charge >= 0.3 is 11.9 Å². The van der Waals surface area contributed by atoms with Crippen LogP contribution in [0.1, 0.15) is 47.0 Å². The van der Waals surface area contributed by atoms with E-state index in [0.29, 0.717) is 0 Å². The summed E-state index contributed by atoms with van der Waals surface area (Å²) in [6.07, 6.45) is -1.13. The minimum atomic E-state index is -2.17. The van der Waals surface area contributed by atoms with Gasteiger partial charge in [0.05, 0.1) is 6.42 Å². The van der Waals surface area contributed by atoms with Gasteiger partial charge in [-0.25, -0.2) is 0 Å². The van der Waals surface area contributed by atoms with Crippen LogP contribution in [0.3, 0.4) is 0 Å². The van der Waals surface area contributed by atoms with Crippen molar-refractivity contribution in [3.05, 3.63) is 0 Å². The predicted molar refractivity (Wildman–Crippen MR) is 85.3 cm³/mol. The van der Waals surface area contributed by atoms with Gasteiger partial charge in [0.2, 0.25) is 5.78 Å². The maximum absolute atomic E-state index is 12.6. The number of ether oxygens (including phenoxy) is 2. The molecule has 6 nitrogen and oxygen atoms in total. The molecule has 0 N–H and O–H groups in total. The maximum atomic E-state index is 12.6. The molecule has 2 rings (SSSR count). The van der Waals surface area contributed by atoms with Crippen LogP contribution in [0.2, 0.25) is 18.1 Å². The zero-order valence-corrected chi connectivity index (χ0v) is 15.7. The van der Waals surface area contributed by atoms with Gasteiger partial charge in [-0.1, -0.05) is 20.8 Å². The van der Waals surface area contributed by atoms with Crippen molar-refractivity contribution in [2.24, 2.45) is 0 Å². The van der Waals surface area contributed by atoms with Crippen LogP contribution >= 0.6 is 0 Å². The number of esters is 2. The van der Waals surface area contributed by atoms with Crippen molar-refractivity contribution in [2.45, 2.75) is 82.9 Å². The molecule has 1 unspecified atom stereocenters. The van der Waals surface area contributed by atoms with Crippen LogP contribution in [-0.4, -0.2) is 43.8 Å². The summed E-state index contributed by atoms with van der Waals surface area (Å²) in [6, 6.07) is 0. The van der Waals surface area contributed by atoms with E-state index in [1.54, 1.807) is 0 Å². The van der Waals surface area contributed by atoms with E-state index in [1.807, 2.05) is 0 Å². The highest BCUT2D eigenvalue weighted by Crippen LogP contribution is 2.43. The highest BCUT2D eigenvalue weighted by molar-refractivity contribution is 6.74. The van der Waals surface area contributed by atoms with Crippen LogP contribution in [0.5, 0.6) is 0 Å². The van der Waals surface area contributed by atoms with Gasteiger partial charge in [-0.2, -0.15) is 0 Å². The average Bonchev–Trinajstić information content (AvgIpc) is 2.32. The number of hydrogen-bond donors (Lipinski definition) is 0. The van der Waals surface area contributed by atoms with Gasteiger partial charge in [-0.3, -0.25) is 14.4 Å². The first-order valence-corrected chi connectivity index (χ1v) is 10.9. The lowest BCUT2D eigenvalue weighted by molar-refractivity contribution is -0.200. The summed E-state index contributed by atoms with van der Waals surface area (Å²) >= 11 is 0. The summed E-state index contributed by atoms with van der Waals surface area (Å²) in [5.41, 5.74) is -0.979. The van der Waals surface area contributed by atoms with Gasteiger partial charge in [0.1, 0.15) is 11.7 Å². The Balaban J connectivity index is 2.27. The van der Waals surface area contributed by atoms with E-state index in [4.69, 9.17) is 13.9 Å². The Morgan fingerprint density at radius 3 is 2.39 bits per heavy atom. The smallest absolute Gasteiger partial charge is 0.310 e. The van der Waals surface area contributed by atoms with Crippen molar-refractivity contribution in [2.75, 3.05) is 0 Å². The summed E-state index contributed by atoms with van der Waals surface area (Å²) in [7, 11) is -2.17. The lowest BCUT2D eigenvalue weighted by Gasteiger charge is -2.47. The molecule has 1 saturated heterocycles. The summed E-state index contributed by atoms with van der Waals surface area (Å²) in [4.78, 5) is 35.8. The fourth-order valence-electron chi connectivity index (χ4n) is 2.93. The summed E-state index contributed by atoms with van der Waals surface area (Å²) in [5, 5.41) is -0.0505. The Bertz CT molecular complexity index is 531. The van der Waals surface area contributed by atoms with E-state index < -0.39 is 38.1 Å². The number of ketones is 1. The zero-order valence-electron chi connectivity index (χ0n) is 14.7. The molecule has 1 aliphatic heterocycles. The second kappa shape index (κ2) is 5.70. The summed E-state index contributed by atoms with van der Waals surface area (Å²) in [6.45, 7) is 11.7. The molecule has 0 spiro atoms. The van der Waals surface area contributed by atoms with Gasteiger partial charge in [0, 0.05) is 19.8 Å². The zero-order chi connectivity index (χ0) is 17.6. The number of Topliss-reactive ketones (excluding diaryl/α,β-unsaturated/α-hetero) is 1. The van der Waals surface area contributed by atoms with E-state index in [1.165, 1.54) is 6.92 Å². The first-order chi connectivity index (χ1) is 10.4. The third-order valence-electron chi connectivity index (χ3n) is 5.09. The summed E-state index contributed by atoms with van der Waals surface area (Å²) in [5.74, 6) is -1.17. The van der Waals surface area contributed by atoms with Gasteiger partial charge in [0.15, 0.2) is 14.4 Å². The molecular weight excluding hydrogens is 316 g/mol. The molecule has 2 aliphatic rings. The Morgan fingerprint density at radius 2 is 1.87 bits per heavy atom. The van der Waals surface area contributed by atoms with E-state index in [-0.39, 0.29) is 30.1 Å². The SMILES string of the molecule is CC(=O)O[C@]12CC(=O)O[C@H](C1)C(=O)C(O[Si](C)(C)C(C)(C)C)C2. The van der Waals surface area contributed by atoms with Crippen LogP contribution < -0.4 is 0 Å². The largest absolute Gasteiger partial charge is 0.458 e. The minimum absolute atomic E-state index is 0.0201. The van der Waals surface area contributed by atoms with E-state index >= 15 is 0 Å². The molecule has 0 aromatic carbocycles. The topological polar surface area (TPSA) is 78.9 Å². The van der Waals surface area contributed by atoms with Gasteiger partial charge < -0.3 is 13.9 Å². The number of carbonyl (C=O) groups is 3. The normalized spacial score (nSPS) is 31.6. The molecule has 130 valence electrons. The van der Waals surface area contributed by atoms with Gasteiger partial charge in [-0.15, -0.1) is 0 Å². The van der Waals surface area contributed by atoms with E-state index in [9.17, 15) is 14.4 Å². The lowest BCUT2D eigenvalue weighted by Crippen LogP contribution is -2.60. The number of hydrogen-bond acceptors (Lipinski definition) is 6. The fraction of sp³-hybridized carbons (Fsp3) is 0.812. The lowest BCUT2D eigenvalue weighted by atomic mass is 9.76. The molecule has 7 heteroatoms. The van der Waals surface area contributed by atoms with Crippen molar-refractivity contribution in [1.29, 1.82) is 0 Å². The van der Waals surface area contributed by atoms with Crippen LogP contribution in [0.25, 0.3) is 0 Å². The highest BCUT2D eigenvalue weighted by atomic mass is 28.4. The second-order valence-electron chi connectivity index (χ2n) is 8.11. The van der Waals surface area contributed by atoms with Gasteiger partial charge in [0.25, 0.3) is 0 Å². The second-order valence-corrected chi connectivity index (χ2v) is 12.9. The van der Waals surface area contributed by atoms with Crippen LogP contribution in [0.15, 0.2) is 0 Å². The third kappa shape index (κ3) is 3.66. The molecule has 2 bridgehead atoms. The van der Waals surface area contributed by atoms with Crippen LogP contribution in [0.4, 0.5) is 0 Å². The fourth-order valence-corrected chi connectivity index (χ4v) is 4.20. The van der Waals surface area contributed by atoms with Crippen molar-refractivity contribution < 1.29 is 28.3 Å². The first kappa shape index (κ1) is 18.1. The molecule has 1 saturated carbocycles. The molecule has 3 atom stereocenters. The van der Waals surface area contributed by atoms with Crippen molar-refractivity contribution >= 4 is 26.0 Å². The van der Waals surface area contributed by atoms with E-state index in [0.717, 1.165) is 0 Å².